The second-order valence-electron chi connectivity index (χ2n) is 7.65. The highest BCUT2D eigenvalue weighted by Gasteiger charge is 2.18. The molecule has 11 heteroatoms. The Kier molecular flexibility index (Phi) is 10.2. The quantitative estimate of drug-likeness (QED) is 0.173. The van der Waals surface area contributed by atoms with Crippen molar-refractivity contribution in [3.63, 3.8) is 0 Å². The number of carbonyl (C=O) groups is 1. The van der Waals surface area contributed by atoms with Gasteiger partial charge in [-0.2, -0.15) is 9.36 Å². The molecule has 0 unspecified atom stereocenters. The number of unbranched alkanes of at least 4 members (excludes halogenated alkanes) is 3. The number of nitro groups is 1. The van der Waals surface area contributed by atoms with Gasteiger partial charge in [0.2, 0.25) is 0 Å². The van der Waals surface area contributed by atoms with E-state index in [1.165, 1.54) is 36.2 Å². The first kappa shape index (κ1) is 26.5. The van der Waals surface area contributed by atoms with E-state index in [-0.39, 0.29) is 22.1 Å². The highest BCUT2D eigenvalue weighted by atomic mass is 32.1. The molecule has 0 spiro atoms. The second-order valence-corrected chi connectivity index (χ2v) is 8.01. The summed E-state index contributed by atoms with van der Waals surface area (Å²) in [6, 6.07) is 10.5. The molecule has 0 radical (unpaired) electrons. The number of aryl methyl sites for hydroxylation is 3. The Hall–Kier alpha value is -3.73. The maximum absolute atomic E-state index is 12.0. The molecule has 0 aliphatic heterocycles. The van der Waals surface area contributed by atoms with Gasteiger partial charge in [0.1, 0.15) is 11.9 Å². The molecule has 0 saturated heterocycles. The van der Waals surface area contributed by atoms with Crippen molar-refractivity contribution in [2.75, 3.05) is 5.32 Å². The maximum atomic E-state index is 12.0. The van der Waals surface area contributed by atoms with Crippen molar-refractivity contribution in [3.05, 3.63) is 92.1 Å². The number of hydrogen-bond donors (Lipinski definition) is 1. The van der Waals surface area contributed by atoms with Gasteiger partial charge in [-0.25, -0.2) is 19.2 Å². The molecule has 0 aliphatic carbocycles. The molecule has 1 amide bonds. The summed E-state index contributed by atoms with van der Waals surface area (Å²) in [5.74, 6) is -0.349. The standard InChI is InChI=1S/C12H10N4O3S.C11H19N2O/c1-14-7-10(8-15(12(14)20)16(18)19)13-11(17)9-5-3-2-4-6-9;1-3-4-5-6-9-13-10-7-8-12(2)11(13)14/h2-8H,1H3;7-8,10H,3-6,9H2,1-2H3/q;+1/p+1. The average Bonchev–Trinajstić information content (AvgIpc) is 2.82. The van der Waals surface area contributed by atoms with Gasteiger partial charge in [0.15, 0.2) is 6.20 Å². The first-order valence-electron chi connectivity index (χ1n) is 10.9. The third-order valence-electron chi connectivity index (χ3n) is 4.94. The van der Waals surface area contributed by atoms with E-state index in [4.69, 9.17) is 12.2 Å². The smallest absolute Gasteiger partial charge is 0.316 e. The fraction of sp³-hybridized carbons (Fsp3) is 0.348. The molecule has 0 aliphatic rings. The fourth-order valence-electron chi connectivity index (χ4n) is 3.10. The zero-order valence-electron chi connectivity index (χ0n) is 19.6. The van der Waals surface area contributed by atoms with E-state index in [1.54, 1.807) is 59.8 Å². The molecule has 1 N–H and O–H groups in total. The van der Waals surface area contributed by atoms with E-state index in [1.807, 2.05) is 12.3 Å². The van der Waals surface area contributed by atoms with E-state index < -0.39 is 5.03 Å². The van der Waals surface area contributed by atoms with Crippen molar-refractivity contribution in [2.45, 2.75) is 39.2 Å². The van der Waals surface area contributed by atoms with Crippen LogP contribution in [0.4, 0.5) is 5.69 Å². The monoisotopic (exact) mass is 486 g/mol. The number of nitrogens with zero attached hydrogens (tertiary/aromatic N) is 5. The molecule has 2 aromatic heterocycles. The second kappa shape index (κ2) is 13.1. The van der Waals surface area contributed by atoms with Crippen LogP contribution in [0, 0.1) is 14.9 Å². The van der Waals surface area contributed by atoms with E-state index in [9.17, 15) is 19.7 Å². The van der Waals surface area contributed by atoms with Gasteiger partial charge in [-0.1, -0.05) is 38.0 Å². The minimum Gasteiger partial charge on any atom is -0.316 e. The molecule has 3 aromatic rings. The number of aromatic nitrogens is 4. The Morgan fingerprint density at radius 2 is 1.82 bits per heavy atom. The Morgan fingerprint density at radius 1 is 1.12 bits per heavy atom. The van der Waals surface area contributed by atoms with E-state index in [2.05, 4.69) is 12.2 Å². The van der Waals surface area contributed by atoms with E-state index in [0.717, 1.165) is 13.0 Å². The lowest BCUT2D eigenvalue weighted by molar-refractivity contribution is -0.700. The molecular formula is C23H30N6O4S+2. The molecule has 0 fully saturated rings. The van der Waals surface area contributed by atoms with Gasteiger partial charge in [0, 0.05) is 23.8 Å². The van der Waals surface area contributed by atoms with Crippen molar-refractivity contribution >= 4 is 23.8 Å². The molecule has 0 saturated carbocycles. The molecule has 34 heavy (non-hydrogen) atoms. The lowest BCUT2D eigenvalue weighted by Crippen LogP contribution is -2.50. The van der Waals surface area contributed by atoms with Gasteiger partial charge < -0.3 is 5.32 Å². The van der Waals surface area contributed by atoms with Gasteiger partial charge in [-0.05, 0) is 25.0 Å². The Morgan fingerprint density at radius 3 is 2.47 bits per heavy atom. The van der Waals surface area contributed by atoms with Crippen molar-refractivity contribution < 1.29 is 19.0 Å². The zero-order chi connectivity index (χ0) is 25.1. The molecule has 2 heterocycles. The molecule has 10 nitrogen and oxygen atoms in total. The van der Waals surface area contributed by atoms with Crippen LogP contribution >= 0.6 is 12.2 Å². The van der Waals surface area contributed by atoms with Gasteiger partial charge >= 0.3 is 10.5 Å². The maximum Gasteiger partial charge on any atom is 0.497 e. The summed E-state index contributed by atoms with van der Waals surface area (Å²) < 4.78 is 5.47. The van der Waals surface area contributed by atoms with Crippen LogP contribution in [-0.2, 0) is 20.6 Å². The van der Waals surface area contributed by atoms with Crippen LogP contribution in [0.15, 0.2) is 66.0 Å². The molecule has 0 bridgehead atoms. The summed E-state index contributed by atoms with van der Waals surface area (Å²) in [6.45, 7) is 3.03. The summed E-state index contributed by atoms with van der Waals surface area (Å²) in [5.41, 5.74) is 0.820. The summed E-state index contributed by atoms with van der Waals surface area (Å²) >= 11 is 4.91. The van der Waals surface area contributed by atoms with Crippen molar-refractivity contribution in [2.24, 2.45) is 14.1 Å². The Labute approximate surface area is 202 Å². The topological polar surface area (TPSA) is 107 Å². The number of amides is 1. The average molecular weight is 487 g/mol. The first-order valence-corrected chi connectivity index (χ1v) is 11.3. The van der Waals surface area contributed by atoms with Crippen LogP contribution in [0.5, 0.6) is 0 Å². The van der Waals surface area contributed by atoms with E-state index >= 15 is 0 Å². The largest absolute Gasteiger partial charge is 0.497 e. The molecule has 0 atom stereocenters. The van der Waals surface area contributed by atoms with Crippen LogP contribution in [0.1, 0.15) is 43.0 Å². The Bertz CT molecular complexity index is 1240. The normalized spacial score (nSPS) is 10.2. The number of rotatable bonds is 8. The number of nitrogens with one attached hydrogen (secondary N) is 1. The van der Waals surface area contributed by atoms with Gasteiger partial charge in [-0.15, -0.1) is 0 Å². The van der Waals surface area contributed by atoms with Crippen LogP contribution in [0.2, 0.25) is 0 Å². The summed E-state index contributed by atoms with van der Waals surface area (Å²) in [4.78, 5) is 34.4. The molecule has 180 valence electrons. The van der Waals surface area contributed by atoms with Crippen molar-refractivity contribution in [3.8, 4) is 0 Å². The van der Waals surface area contributed by atoms with Crippen LogP contribution in [0.25, 0.3) is 0 Å². The van der Waals surface area contributed by atoms with Gasteiger partial charge in [-0.3, -0.25) is 4.79 Å². The Balaban J connectivity index is 0.000000257. The SMILES string of the molecule is CCCCCCn1ccc[n+](C)c1=O.C[n+]1cc(NC(=O)c2ccccc2)cn([N+](=O)[O-])c1=S. The summed E-state index contributed by atoms with van der Waals surface area (Å²) in [5, 5.41) is 12.8. The van der Waals surface area contributed by atoms with Crippen LogP contribution < -0.4 is 20.1 Å². The lowest BCUT2D eigenvalue weighted by Gasteiger charge is -2.03. The summed E-state index contributed by atoms with van der Waals surface area (Å²) in [7, 11) is 3.35. The third kappa shape index (κ3) is 7.69. The molecule has 1 aromatic carbocycles. The number of anilines is 1. The number of hydrogen-bond acceptors (Lipinski definition) is 5. The van der Waals surface area contributed by atoms with E-state index in [0.29, 0.717) is 10.2 Å². The highest BCUT2D eigenvalue weighted by molar-refractivity contribution is 7.71. The van der Waals surface area contributed by atoms with Gasteiger partial charge in [0.25, 0.3) is 10.9 Å². The lowest BCUT2D eigenvalue weighted by atomic mass is 10.2. The van der Waals surface area contributed by atoms with Crippen molar-refractivity contribution in [1.29, 1.82) is 0 Å². The minimum atomic E-state index is -0.652. The zero-order valence-corrected chi connectivity index (χ0v) is 20.4. The van der Waals surface area contributed by atoms with Crippen LogP contribution in [-0.4, -0.2) is 20.2 Å². The van der Waals surface area contributed by atoms with Gasteiger partial charge in [0.05, 0.1) is 37.7 Å². The predicted molar refractivity (Wildman–Crippen MR) is 129 cm³/mol. The molecule has 3 rings (SSSR count). The third-order valence-corrected chi connectivity index (χ3v) is 5.41. The van der Waals surface area contributed by atoms with Crippen molar-refractivity contribution in [1.82, 2.24) is 9.24 Å². The summed E-state index contributed by atoms with van der Waals surface area (Å²) in [6.07, 6.45) is 11.1. The minimum absolute atomic E-state index is 0.0210. The fourth-order valence-corrected chi connectivity index (χ4v) is 3.27. The first-order chi connectivity index (χ1) is 16.2. The number of carbonyl (C=O) groups excluding carboxylic acids is 1. The molecular weight excluding hydrogens is 456 g/mol. The predicted octanol–water partition coefficient (Wildman–Crippen LogP) is 2.59. The highest BCUT2D eigenvalue weighted by Crippen LogP contribution is 2.07. The number of benzene rings is 1. The van der Waals surface area contributed by atoms with Crippen LogP contribution in [0.3, 0.4) is 0 Å².